The number of allylic oxidation sites excluding steroid dienone is 6. The first kappa shape index (κ1) is 77.6. The van der Waals surface area contributed by atoms with Gasteiger partial charge in [-0.05, 0) is 77.0 Å². The van der Waals surface area contributed by atoms with Gasteiger partial charge < -0.3 is 14.2 Å². The van der Waals surface area contributed by atoms with Crippen molar-refractivity contribution < 1.29 is 28.6 Å². The summed E-state index contributed by atoms with van der Waals surface area (Å²) in [7, 11) is 0. The molecule has 80 heavy (non-hydrogen) atoms. The maximum absolute atomic E-state index is 13.0. The molecule has 6 nitrogen and oxygen atoms in total. The van der Waals surface area contributed by atoms with Crippen LogP contribution in [-0.2, 0) is 28.6 Å². The van der Waals surface area contributed by atoms with Gasteiger partial charge in [0, 0.05) is 19.3 Å². The molecule has 0 fully saturated rings. The Morgan fingerprint density at radius 1 is 0.250 bits per heavy atom. The zero-order valence-corrected chi connectivity index (χ0v) is 54.1. The maximum Gasteiger partial charge on any atom is 0.306 e. The van der Waals surface area contributed by atoms with Crippen LogP contribution in [0.1, 0.15) is 400 Å². The van der Waals surface area contributed by atoms with Crippen molar-refractivity contribution in [2.24, 2.45) is 0 Å². The molecule has 0 aromatic rings. The number of rotatable bonds is 67. The number of carbonyl (C=O) groups excluding carboxylic acids is 3. The van der Waals surface area contributed by atoms with Crippen LogP contribution in [0.4, 0.5) is 0 Å². The Hall–Kier alpha value is -2.37. The van der Waals surface area contributed by atoms with E-state index in [4.69, 9.17) is 14.2 Å². The van der Waals surface area contributed by atoms with Crippen molar-refractivity contribution in [3.8, 4) is 0 Å². The smallest absolute Gasteiger partial charge is 0.306 e. The highest BCUT2D eigenvalue weighted by molar-refractivity contribution is 5.71. The molecule has 0 rings (SSSR count). The summed E-state index contributed by atoms with van der Waals surface area (Å²) in [6.45, 7) is 6.71. The average Bonchev–Trinajstić information content (AvgIpc) is 3.46. The van der Waals surface area contributed by atoms with E-state index in [0.29, 0.717) is 19.3 Å². The van der Waals surface area contributed by atoms with Crippen LogP contribution < -0.4 is 0 Å². The van der Waals surface area contributed by atoms with E-state index < -0.39 is 6.10 Å². The fourth-order valence-electron chi connectivity index (χ4n) is 10.9. The molecule has 6 heteroatoms. The van der Waals surface area contributed by atoms with Gasteiger partial charge in [0.1, 0.15) is 13.2 Å². The normalized spacial score (nSPS) is 12.2. The summed E-state index contributed by atoms with van der Waals surface area (Å²) >= 11 is 0. The summed E-state index contributed by atoms with van der Waals surface area (Å²) in [6.07, 6.45) is 86.0. The van der Waals surface area contributed by atoms with Crippen LogP contribution in [0.25, 0.3) is 0 Å². The third kappa shape index (κ3) is 66.4. The summed E-state index contributed by atoms with van der Waals surface area (Å²) < 4.78 is 17.0. The summed E-state index contributed by atoms with van der Waals surface area (Å²) in [4.78, 5) is 38.5. The van der Waals surface area contributed by atoms with Crippen LogP contribution in [0.5, 0.6) is 0 Å². The molecule has 0 aliphatic rings. The molecule has 1 unspecified atom stereocenters. The lowest BCUT2D eigenvalue weighted by Crippen LogP contribution is -2.30. The van der Waals surface area contributed by atoms with Gasteiger partial charge in [-0.2, -0.15) is 0 Å². The predicted molar refractivity (Wildman–Crippen MR) is 349 cm³/mol. The molecular formula is C74H138O6. The van der Waals surface area contributed by atoms with E-state index in [1.807, 2.05) is 0 Å². The molecule has 0 aromatic carbocycles. The number of carbonyl (C=O) groups is 3. The molecule has 0 aliphatic heterocycles. The Labute approximate surface area is 499 Å². The molecule has 0 spiro atoms. The van der Waals surface area contributed by atoms with E-state index in [-0.39, 0.29) is 31.1 Å². The molecule has 0 saturated carbocycles. The SMILES string of the molecule is CCCCCCC/C=C\C/C=C\CCCCCCCCCCCCCC(=O)OCC(COC(=O)CCCCCCCCCCCCCCCCCC)OC(=O)CCCCCCCCCCCCC/C=C\CCCCCCCCCC. The number of ether oxygens (including phenoxy) is 3. The van der Waals surface area contributed by atoms with Gasteiger partial charge in [0.15, 0.2) is 6.10 Å². The fourth-order valence-corrected chi connectivity index (χ4v) is 10.9. The lowest BCUT2D eigenvalue weighted by atomic mass is 10.0. The van der Waals surface area contributed by atoms with Crippen LogP contribution in [-0.4, -0.2) is 37.2 Å². The minimum atomic E-state index is -0.772. The lowest BCUT2D eigenvalue weighted by molar-refractivity contribution is -0.167. The summed E-state index contributed by atoms with van der Waals surface area (Å²) in [5, 5.41) is 0. The molecule has 0 bridgehead atoms. The molecule has 0 aliphatic carbocycles. The van der Waals surface area contributed by atoms with Gasteiger partial charge in [0.2, 0.25) is 0 Å². The first-order valence-electron chi connectivity index (χ1n) is 36.0. The molecule has 0 heterocycles. The molecule has 0 saturated heterocycles. The van der Waals surface area contributed by atoms with Gasteiger partial charge in [0.25, 0.3) is 0 Å². The topological polar surface area (TPSA) is 78.9 Å². The van der Waals surface area contributed by atoms with Gasteiger partial charge in [-0.1, -0.05) is 340 Å². The van der Waals surface area contributed by atoms with E-state index >= 15 is 0 Å². The van der Waals surface area contributed by atoms with E-state index in [2.05, 4.69) is 57.2 Å². The summed E-state index contributed by atoms with van der Waals surface area (Å²) in [5.41, 5.74) is 0. The van der Waals surface area contributed by atoms with Crippen LogP contribution in [0, 0.1) is 0 Å². The summed E-state index contributed by atoms with van der Waals surface area (Å²) in [5.74, 6) is -0.839. The highest BCUT2D eigenvalue weighted by Gasteiger charge is 2.19. The van der Waals surface area contributed by atoms with E-state index in [0.717, 1.165) is 64.2 Å². The van der Waals surface area contributed by atoms with Crippen molar-refractivity contribution in [1.82, 2.24) is 0 Å². The third-order valence-corrected chi connectivity index (χ3v) is 16.4. The Kier molecular flexibility index (Phi) is 67.1. The zero-order valence-electron chi connectivity index (χ0n) is 54.1. The van der Waals surface area contributed by atoms with E-state index in [9.17, 15) is 14.4 Å². The van der Waals surface area contributed by atoms with Crippen LogP contribution in [0.3, 0.4) is 0 Å². The van der Waals surface area contributed by atoms with Crippen LogP contribution in [0.2, 0.25) is 0 Å². The highest BCUT2D eigenvalue weighted by Crippen LogP contribution is 2.18. The molecule has 470 valence electrons. The average molecular weight is 1120 g/mol. The zero-order chi connectivity index (χ0) is 57.8. The van der Waals surface area contributed by atoms with Crippen molar-refractivity contribution in [2.45, 2.75) is 406 Å². The third-order valence-electron chi connectivity index (χ3n) is 16.4. The molecule has 0 amide bonds. The lowest BCUT2D eigenvalue weighted by Gasteiger charge is -2.18. The van der Waals surface area contributed by atoms with Gasteiger partial charge in [0.05, 0.1) is 0 Å². The van der Waals surface area contributed by atoms with Crippen molar-refractivity contribution in [3.63, 3.8) is 0 Å². The van der Waals surface area contributed by atoms with E-state index in [1.54, 1.807) is 0 Å². The van der Waals surface area contributed by atoms with Crippen molar-refractivity contribution in [2.75, 3.05) is 13.2 Å². The monoisotopic (exact) mass is 1120 g/mol. The molecule has 0 N–H and O–H groups in total. The number of unbranched alkanes of at least 4 members (excludes halogenated alkanes) is 50. The Bertz CT molecular complexity index is 1340. The van der Waals surface area contributed by atoms with E-state index in [1.165, 1.54) is 295 Å². The predicted octanol–water partition coefficient (Wildman–Crippen LogP) is 24.7. The summed E-state index contributed by atoms with van der Waals surface area (Å²) in [6, 6.07) is 0. The van der Waals surface area contributed by atoms with Crippen LogP contribution in [0.15, 0.2) is 36.5 Å². The molecular weight excluding hydrogens is 985 g/mol. The highest BCUT2D eigenvalue weighted by atomic mass is 16.6. The van der Waals surface area contributed by atoms with Crippen molar-refractivity contribution >= 4 is 17.9 Å². The second-order valence-electron chi connectivity index (χ2n) is 24.5. The Morgan fingerprint density at radius 2 is 0.450 bits per heavy atom. The number of hydrogen-bond acceptors (Lipinski definition) is 6. The second-order valence-corrected chi connectivity index (χ2v) is 24.5. The quantitative estimate of drug-likeness (QED) is 0.0261. The molecule has 1 atom stereocenters. The maximum atomic E-state index is 13.0. The Morgan fingerprint density at radius 3 is 0.700 bits per heavy atom. The van der Waals surface area contributed by atoms with Gasteiger partial charge in [-0.15, -0.1) is 0 Å². The van der Waals surface area contributed by atoms with Gasteiger partial charge >= 0.3 is 17.9 Å². The first-order valence-corrected chi connectivity index (χ1v) is 36.0. The molecule has 0 radical (unpaired) electrons. The Balaban J connectivity index is 4.29. The number of hydrogen-bond donors (Lipinski definition) is 0. The van der Waals surface area contributed by atoms with Crippen LogP contribution >= 0.6 is 0 Å². The van der Waals surface area contributed by atoms with Crippen molar-refractivity contribution in [3.05, 3.63) is 36.5 Å². The molecule has 0 aromatic heterocycles. The standard InChI is InChI=1S/C74H138O6/c1-4-7-10-13-16-19-22-25-28-31-33-35-37-39-41-43-46-49-52-55-58-61-64-67-73(76)79-70-71(69-78-72(75)66-63-60-57-54-51-48-45-30-27-24-21-18-15-12-9-6-3)80-74(77)68-65-62-59-56-53-50-47-44-42-40-38-36-34-32-29-26-23-20-17-14-11-8-5-2/h22,25,31-34,71H,4-21,23-24,26-30,35-70H2,1-3H3/b25-22-,33-31-,34-32-. The number of esters is 3. The first-order chi connectivity index (χ1) is 39.5. The minimum absolute atomic E-state index is 0.0675. The van der Waals surface area contributed by atoms with Gasteiger partial charge in [-0.25, -0.2) is 0 Å². The minimum Gasteiger partial charge on any atom is -0.462 e. The second kappa shape index (κ2) is 69.1. The largest absolute Gasteiger partial charge is 0.462 e. The van der Waals surface area contributed by atoms with Crippen molar-refractivity contribution in [1.29, 1.82) is 0 Å². The fraction of sp³-hybridized carbons (Fsp3) is 0.878. The van der Waals surface area contributed by atoms with Gasteiger partial charge in [-0.3, -0.25) is 14.4 Å².